The fourth-order valence-electron chi connectivity index (χ4n) is 4.29. The van der Waals surface area contributed by atoms with Crippen LogP contribution in [-0.2, 0) is 16.7 Å². The number of carbonyl (C=O) groups excluding carboxylic acids is 1. The van der Waals surface area contributed by atoms with Gasteiger partial charge in [-0.15, -0.1) is 0 Å². The zero-order chi connectivity index (χ0) is 16.6. The average Bonchev–Trinajstić information content (AvgIpc) is 2.81. The van der Waals surface area contributed by atoms with Crippen LogP contribution in [0.5, 0.6) is 5.75 Å². The number of aromatic nitrogens is 1. The average molecular weight is 314 g/mol. The highest BCUT2D eigenvalue weighted by atomic mass is 16.6. The van der Waals surface area contributed by atoms with E-state index >= 15 is 0 Å². The molecule has 1 amide bonds. The number of ether oxygens (including phenoxy) is 2. The molecule has 3 heterocycles. The number of hydrogen-bond acceptors (Lipinski definition) is 3. The van der Waals surface area contributed by atoms with E-state index in [0.717, 1.165) is 28.9 Å². The Morgan fingerprint density at radius 2 is 2.04 bits per heavy atom. The van der Waals surface area contributed by atoms with Crippen molar-refractivity contribution in [3.63, 3.8) is 0 Å². The lowest BCUT2D eigenvalue weighted by Crippen LogP contribution is -2.51. The third-order valence-corrected chi connectivity index (χ3v) is 5.81. The van der Waals surface area contributed by atoms with Crippen LogP contribution in [0, 0.1) is 6.92 Å². The number of amides is 1. The van der Waals surface area contributed by atoms with Crippen molar-refractivity contribution < 1.29 is 14.3 Å². The smallest absolute Gasteiger partial charge is 0.411 e. The van der Waals surface area contributed by atoms with Gasteiger partial charge in [0.2, 0.25) is 0 Å². The van der Waals surface area contributed by atoms with Crippen LogP contribution in [0.3, 0.4) is 0 Å². The number of benzene rings is 1. The predicted octanol–water partition coefficient (Wildman–Crippen LogP) is 3.49. The summed E-state index contributed by atoms with van der Waals surface area (Å²) in [5.41, 5.74) is 3.35. The standard InChI is InChI=1S/C18H22N2O3/c1-10-11-8-9-20-16(21)23-17(2,3)18(20,4)15-13(22-5)7-6-12(19-10)14(11)15/h6-7,19H,8-9H2,1-5H3/t18-/m1/s1. The van der Waals surface area contributed by atoms with Crippen LogP contribution in [0.4, 0.5) is 4.79 Å². The number of carbonyl (C=O) groups is 1. The van der Waals surface area contributed by atoms with E-state index in [1.54, 1.807) is 7.11 Å². The highest BCUT2D eigenvalue weighted by molar-refractivity contribution is 5.93. The Balaban J connectivity index is 2.17. The highest BCUT2D eigenvalue weighted by Gasteiger charge is 2.60. The van der Waals surface area contributed by atoms with Gasteiger partial charge in [-0.2, -0.15) is 0 Å². The number of aromatic amines is 1. The molecule has 1 aromatic carbocycles. The molecule has 5 nitrogen and oxygen atoms in total. The van der Waals surface area contributed by atoms with Crippen molar-refractivity contribution in [3.05, 3.63) is 29.0 Å². The van der Waals surface area contributed by atoms with Crippen LogP contribution < -0.4 is 4.74 Å². The molecule has 4 rings (SSSR count). The first-order valence-corrected chi connectivity index (χ1v) is 8.00. The topological polar surface area (TPSA) is 54.6 Å². The molecule has 0 bridgehead atoms. The maximum Gasteiger partial charge on any atom is 0.411 e. The SMILES string of the molecule is COc1ccc2[nH]c(C)c3c2c1[C@@]1(C)N(CC3)C(=O)OC1(C)C. The van der Waals surface area contributed by atoms with E-state index in [2.05, 4.69) is 24.9 Å². The van der Waals surface area contributed by atoms with Crippen molar-refractivity contribution in [3.8, 4) is 5.75 Å². The molecule has 1 aromatic heterocycles. The number of methoxy groups -OCH3 is 1. The molecule has 0 spiro atoms. The van der Waals surface area contributed by atoms with E-state index in [1.165, 1.54) is 10.9 Å². The van der Waals surface area contributed by atoms with Crippen LogP contribution in [0.1, 0.15) is 37.6 Å². The predicted molar refractivity (Wildman–Crippen MR) is 87.9 cm³/mol. The quantitative estimate of drug-likeness (QED) is 0.876. The first-order chi connectivity index (χ1) is 10.8. The van der Waals surface area contributed by atoms with Gasteiger partial charge in [-0.05, 0) is 51.8 Å². The summed E-state index contributed by atoms with van der Waals surface area (Å²) in [5, 5.41) is 1.18. The van der Waals surface area contributed by atoms with Crippen LogP contribution in [-0.4, -0.2) is 35.2 Å². The molecule has 2 aliphatic heterocycles. The van der Waals surface area contributed by atoms with Gasteiger partial charge < -0.3 is 14.5 Å². The van der Waals surface area contributed by atoms with Crippen molar-refractivity contribution in [1.29, 1.82) is 0 Å². The molecule has 0 saturated carbocycles. The summed E-state index contributed by atoms with van der Waals surface area (Å²) in [4.78, 5) is 17.9. The van der Waals surface area contributed by atoms with Crippen LogP contribution >= 0.6 is 0 Å². The molecule has 1 N–H and O–H groups in total. The fraction of sp³-hybridized carbons (Fsp3) is 0.500. The van der Waals surface area contributed by atoms with E-state index < -0.39 is 11.1 Å². The molecule has 23 heavy (non-hydrogen) atoms. The van der Waals surface area contributed by atoms with Gasteiger partial charge in [0.15, 0.2) is 0 Å². The van der Waals surface area contributed by atoms with Gasteiger partial charge in [-0.3, -0.25) is 4.90 Å². The second-order valence-corrected chi connectivity index (χ2v) is 7.15. The second-order valence-electron chi connectivity index (χ2n) is 7.15. The Kier molecular flexibility index (Phi) is 2.64. The summed E-state index contributed by atoms with van der Waals surface area (Å²) in [6.07, 6.45) is 0.565. The van der Waals surface area contributed by atoms with Gasteiger partial charge >= 0.3 is 6.09 Å². The summed E-state index contributed by atoms with van der Waals surface area (Å²) in [6.45, 7) is 8.78. The second kappa shape index (κ2) is 4.22. The third kappa shape index (κ3) is 1.55. The maximum atomic E-state index is 12.5. The Hall–Kier alpha value is -2.17. The van der Waals surface area contributed by atoms with Crippen molar-refractivity contribution >= 4 is 17.0 Å². The maximum absolute atomic E-state index is 12.5. The molecule has 0 radical (unpaired) electrons. The molecular formula is C18H22N2O3. The lowest BCUT2D eigenvalue weighted by atomic mass is 9.76. The number of nitrogens with one attached hydrogen (secondary N) is 1. The third-order valence-electron chi connectivity index (χ3n) is 5.81. The summed E-state index contributed by atoms with van der Waals surface area (Å²) in [7, 11) is 1.68. The van der Waals surface area contributed by atoms with E-state index in [-0.39, 0.29) is 6.09 Å². The van der Waals surface area contributed by atoms with Crippen LogP contribution in [0.2, 0.25) is 0 Å². The minimum atomic E-state index is -0.640. The molecule has 1 atom stereocenters. The number of fused-ring (bicyclic) bond motifs is 2. The minimum absolute atomic E-state index is 0.247. The van der Waals surface area contributed by atoms with Gasteiger partial charge in [0, 0.05) is 28.7 Å². The van der Waals surface area contributed by atoms with Crippen molar-refractivity contribution in [2.45, 2.75) is 45.3 Å². The van der Waals surface area contributed by atoms with E-state index in [9.17, 15) is 4.79 Å². The van der Waals surface area contributed by atoms with Gasteiger partial charge in [0.05, 0.1) is 7.11 Å². The van der Waals surface area contributed by atoms with E-state index in [0.29, 0.717) is 6.54 Å². The van der Waals surface area contributed by atoms with Crippen molar-refractivity contribution in [1.82, 2.24) is 9.88 Å². The highest BCUT2D eigenvalue weighted by Crippen LogP contribution is 2.53. The van der Waals surface area contributed by atoms with Crippen molar-refractivity contribution in [2.75, 3.05) is 13.7 Å². The molecular weight excluding hydrogens is 292 g/mol. The lowest BCUT2D eigenvalue weighted by Gasteiger charge is -2.40. The first-order valence-electron chi connectivity index (χ1n) is 8.00. The Labute approximate surface area is 135 Å². The number of aryl methyl sites for hydroxylation is 1. The van der Waals surface area contributed by atoms with Crippen LogP contribution in [0.25, 0.3) is 10.9 Å². The largest absolute Gasteiger partial charge is 0.496 e. The number of cyclic esters (lactones) is 1. The number of nitrogens with zero attached hydrogens (tertiary/aromatic N) is 1. The molecule has 2 aliphatic rings. The number of hydrogen-bond donors (Lipinski definition) is 1. The molecule has 0 aliphatic carbocycles. The van der Waals surface area contributed by atoms with Crippen molar-refractivity contribution in [2.24, 2.45) is 0 Å². The molecule has 2 aromatic rings. The number of H-pyrrole nitrogens is 1. The minimum Gasteiger partial charge on any atom is -0.496 e. The lowest BCUT2D eigenvalue weighted by molar-refractivity contribution is 0.0230. The zero-order valence-corrected chi connectivity index (χ0v) is 14.2. The fourth-order valence-corrected chi connectivity index (χ4v) is 4.29. The summed E-state index contributed by atoms with van der Waals surface area (Å²) in [5.74, 6) is 0.804. The molecule has 1 fully saturated rings. The normalized spacial score (nSPS) is 25.3. The van der Waals surface area contributed by atoms with Gasteiger partial charge in [0.1, 0.15) is 16.9 Å². The van der Waals surface area contributed by atoms with Crippen LogP contribution in [0.15, 0.2) is 12.1 Å². The molecule has 5 heteroatoms. The summed E-state index contributed by atoms with van der Waals surface area (Å²) >= 11 is 0. The summed E-state index contributed by atoms with van der Waals surface area (Å²) < 4.78 is 11.4. The Morgan fingerprint density at radius 3 is 2.74 bits per heavy atom. The van der Waals surface area contributed by atoms with Gasteiger partial charge in [-0.1, -0.05) is 0 Å². The molecule has 0 unspecified atom stereocenters. The monoisotopic (exact) mass is 314 g/mol. The summed E-state index contributed by atoms with van der Waals surface area (Å²) in [6, 6.07) is 4.03. The molecule has 122 valence electrons. The first kappa shape index (κ1) is 14.4. The molecule has 1 saturated heterocycles. The number of rotatable bonds is 1. The van der Waals surface area contributed by atoms with E-state index in [1.807, 2.05) is 24.8 Å². The van der Waals surface area contributed by atoms with E-state index in [4.69, 9.17) is 9.47 Å². The Bertz CT molecular complexity index is 836. The van der Waals surface area contributed by atoms with Gasteiger partial charge in [-0.25, -0.2) is 4.79 Å². The Morgan fingerprint density at radius 1 is 1.30 bits per heavy atom. The van der Waals surface area contributed by atoms with Gasteiger partial charge in [0.25, 0.3) is 0 Å². The zero-order valence-electron chi connectivity index (χ0n) is 14.2.